The van der Waals surface area contributed by atoms with Gasteiger partial charge in [0.15, 0.2) is 0 Å². The van der Waals surface area contributed by atoms with Crippen LogP contribution >= 0.6 is 0 Å². The van der Waals surface area contributed by atoms with Gasteiger partial charge in [-0.05, 0) is 12.1 Å². The van der Waals surface area contributed by atoms with E-state index in [1.165, 1.54) is 0 Å². The van der Waals surface area contributed by atoms with Crippen LogP contribution in [-0.4, -0.2) is 27.1 Å². The fourth-order valence-electron chi connectivity index (χ4n) is 1.26. The lowest BCUT2D eigenvalue weighted by Crippen LogP contribution is -1.91. The molecule has 0 bridgehead atoms. The first-order valence-electron chi connectivity index (χ1n) is 5.24. The molecule has 2 aromatic rings. The molecule has 0 saturated carbocycles. The number of carbonyl (C=O) groups is 2. The predicted octanol–water partition coefficient (Wildman–Crippen LogP) is 1.53. The molecule has 0 aliphatic rings. The van der Waals surface area contributed by atoms with Crippen molar-refractivity contribution in [2.45, 2.75) is 0 Å². The van der Waals surface area contributed by atoms with Crippen LogP contribution in [0.2, 0.25) is 0 Å². The maximum Gasteiger partial charge on any atom is 0.328 e. The Hall–Kier alpha value is -2.89. The van der Waals surface area contributed by atoms with Gasteiger partial charge in [0.25, 0.3) is 0 Å². The number of rotatable bonds is 2. The molecule has 0 saturated heterocycles. The van der Waals surface area contributed by atoms with Gasteiger partial charge >= 0.3 is 11.9 Å². The van der Waals surface area contributed by atoms with Gasteiger partial charge in [-0.15, -0.1) is 0 Å². The minimum Gasteiger partial charge on any atom is -0.478 e. The molecule has 98 valence electrons. The highest BCUT2D eigenvalue weighted by atomic mass is 16.4. The van der Waals surface area contributed by atoms with E-state index in [1.807, 2.05) is 30.3 Å². The number of nitrogens with zero attached hydrogens (tertiary/aromatic N) is 1. The SMILES string of the molecule is Nc1ccnc2ccccc12.O=C(O)/C=C/C(=O)O. The van der Waals surface area contributed by atoms with E-state index in [0.717, 1.165) is 16.6 Å². The van der Waals surface area contributed by atoms with Crippen molar-refractivity contribution in [2.75, 3.05) is 5.73 Å². The Bertz CT molecular complexity index is 602. The molecule has 0 unspecified atom stereocenters. The van der Waals surface area contributed by atoms with E-state index in [1.54, 1.807) is 6.20 Å². The number of anilines is 1. The van der Waals surface area contributed by atoms with Crippen molar-refractivity contribution in [3.63, 3.8) is 0 Å². The van der Waals surface area contributed by atoms with Crippen LogP contribution in [0.1, 0.15) is 0 Å². The highest BCUT2D eigenvalue weighted by Crippen LogP contribution is 2.16. The molecule has 1 aromatic heterocycles. The number of aromatic nitrogens is 1. The van der Waals surface area contributed by atoms with Crippen LogP contribution < -0.4 is 5.73 Å². The maximum absolute atomic E-state index is 9.55. The van der Waals surface area contributed by atoms with Crippen molar-refractivity contribution < 1.29 is 19.8 Å². The predicted molar refractivity (Wildman–Crippen MR) is 70.6 cm³/mol. The topological polar surface area (TPSA) is 114 Å². The van der Waals surface area contributed by atoms with E-state index in [9.17, 15) is 9.59 Å². The second-order valence-corrected chi connectivity index (χ2v) is 3.43. The molecule has 4 N–H and O–H groups in total. The second-order valence-electron chi connectivity index (χ2n) is 3.43. The van der Waals surface area contributed by atoms with E-state index in [4.69, 9.17) is 15.9 Å². The zero-order valence-electron chi connectivity index (χ0n) is 9.85. The van der Waals surface area contributed by atoms with Crippen molar-refractivity contribution in [2.24, 2.45) is 0 Å². The number of hydrogen-bond acceptors (Lipinski definition) is 4. The summed E-state index contributed by atoms with van der Waals surface area (Å²) in [7, 11) is 0. The molecule has 19 heavy (non-hydrogen) atoms. The number of pyridine rings is 1. The summed E-state index contributed by atoms with van der Waals surface area (Å²) in [6, 6.07) is 9.64. The normalized spacial score (nSPS) is 9.89. The number of aliphatic carboxylic acids is 2. The molecule has 6 heteroatoms. The van der Waals surface area contributed by atoms with Gasteiger partial charge in [-0.2, -0.15) is 0 Å². The van der Waals surface area contributed by atoms with Gasteiger partial charge in [0.1, 0.15) is 0 Å². The third kappa shape index (κ3) is 4.86. The summed E-state index contributed by atoms with van der Waals surface area (Å²) in [5.74, 6) is -2.51. The molecule has 0 fully saturated rings. The molecule has 1 aromatic carbocycles. The Morgan fingerprint density at radius 1 is 1.05 bits per heavy atom. The number of carboxylic acids is 2. The number of fused-ring (bicyclic) bond motifs is 1. The lowest BCUT2D eigenvalue weighted by Gasteiger charge is -1.97. The Morgan fingerprint density at radius 3 is 2.16 bits per heavy atom. The molecule has 0 atom stereocenters. The summed E-state index contributed by atoms with van der Waals surface area (Å²) in [5.41, 5.74) is 7.46. The number of hydrogen-bond donors (Lipinski definition) is 3. The second kappa shape index (κ2) is 6.75. The minimum atomic E-state index is -1.26. The van der Waals surface area contributed by atoms with E-state index >= 15 is 0 Å². The van der Waals surface area contributed by atoms with E-state index in [0.29, 0.717) is 12.2 Å². The number of nitrogen functional groups attached to an aromatic ring is 1. The zero-order valence-corrected chi connectivity index (χ0v) is 9.85. The summed E-state index contributed by atoms with van der Waals surface area (Å²) in [6.07, 6.45) is 2.84. The van der Waals surface area contributed by atoms with Crippen LogP contribution in [0.3, 0.4) is 0 Å². The Morgan fingerprint density at radius 2 is 1.63 bits per heavy atom. The third-order valence-electron chi connectivity index (χ3n) is 2.05. The van der Waals surface area contributed by atoms with Crippen molar-refractivity contribution in [3.05, 3.63) is 48.7 Å². The average molecular weight is 260 g/mol. The monoisotopic (exact) mass is 260 g/mol. The molecular weight excluding hydrogens is 248 g/mol. The quantitative estimate of drug-likeness (QED) is 0.705. The van der Waals surface area contributed by atoms with Crippen LogP contribution in [0, 0.1) is 0 Å². The molecule has 0 spiro atoms. The molecule has 2 rings (SSSR count). The summed E-state index contributed by atoms with van der Waals surface area (Å²) in [6.45, 7) is 0. The standard InChI is InChI=1S/C9H8N2.C4H4O4/c10-8-5-6-11-9-4-2-1-3-7(8)9;5-3(6)1-2-4(7)8/h1-6H,(H2,10,11);1-2H,(H,5,6)(H,7,8)/b;2-1+. The van der Waals surface area contributed by atoms with Crippen LogP contribution in [0.5, 0.6) is 0 Å². The molecule has 6 nitrogen and oxygen atoms in total. The smallest absolute Gasteiger partial charge is 0.328 e. The molecule has 0 aliphatic carbocycles. The van der Waals surface area contributed by atoms with Gasteiger partial charge in [0, 0.05) is 29.4 Å². The number of carboxylic acid groups (broad SMARTS) is 2. The number of benzene rings is 1. The van der Waals surface area contributed by atoms with Gasteiger partial charge < -0.3 is 15.9 Å². The fraction of sp³-hybridized carbons (Fsp3) is 0. The lowest BCUT2D eigenvalue weighted by atomic mass is 10.2. The van der Waals surface area contributed by atoms with E-state index in [2.05, 4.69) is 4.98 Å². The minimum absolute atomic E-state index is 0.558. The van der Waals surface area contributed by atoms with E-state index < -0.39 is 11.9 Å². The van der Waals surface area contributed by atoms with Crippen LogP contribution in [0.4, 0.5) is 5.69 Å². The highest BCUT2D eigenvalue weighted by molar-refractivity contribution is 5.90. The summed E-state index contributed by atoms with van der Waals surface area (Å²) in [4.78, 5) is 23.3. The first-order valence-corrected chi connectivity index (χ1v) is 5.24. The van der Waals surface area contributed by atoms with Gasteiger partial charge in [0.05, 0.1) is 5.52 Å². The highest BCUT2D eigenvalue weighted by Gasteiger charge is 1.94. The van der Waals surface area contributed by atoms with Crippen LogP contribution in [0.15, 0.2) is 48.7 Å². The summed E-state index contributed by atoms with van der Waals surface area (Å²) >= 11 is 0. The van der Waals surface area contributed by atoms with Crippen molar-refractivity contribution in [1.29, 1.82) is 0 Å². The van der Waals surface area contributed by atoms with Gasteiger partial charge in [-0.1, -0.05) is 18.2 Å². The fourth-order valence-corrected chi connectivity index (χ4v) is 1.26. The lowest BCUT2D eigenvalue weighted by molar-refractivity contribution is -0.134. The molecule has 0 aliphatic heterocycles. The first-order chi connectivity index (χ1) is 9.00. The largest absolute Gasteiger partial charge is 0.478 e. The number of nitrogens with two attached hydrogens (primary N) is 1. The van der Waals surface area contributed by atoms with Gasteiger partial charge in [-0.3, -0.25) is 4.98 Å². The summed E-state index contributed by atoms with van der Waals surface area (Å²) < 4.78 is 0. The van der Waals surface area contributed by atoms with Crippen molar-refractivity contribution in [3.8, 4) is 0 Å². The zero-order chi connectivity index (χ0) is 14.3. The Balaban J connectivity index is 0.000000203. The maximum atomic E-state index is 9.55. The molecule has 0 amide bonds. The third-order valence-corrected chi connectivity index (χ3v) is 2.05. The summed E-state index contributed by atoms with van der Waals surface area (Å²) in [5, 5.41) is 16.6. The van der Waals surface area contributed by atoms with Gasteiger partial charge in [0.2, 0.25) is 0 Å². The van der Waals surface area contributed by atoms with Crippen molar-refractivity contribution >= 4 is 28.5 Å². The van der Waals surface area contributed by atoms with E-state index in [-0.39, 0.29) is 0 Å². The first kappa shape index (κ1) is 14.2. The molecule has 0 radical (unpaired) electrons. The van der Waals surface area contributed by atoms with Gasteiger partial charge in [-0.25, -0.2) is 9.59 Å². The van der Waals surface area contributed by atoms with Crippen LogP contribution in [0.25, 0.3) is 10.9 Å². The average Bonchev–Trinajstić information content (AvgIpc) is 2.38. The van der Waals surface area contributed by atoms with Crippen molar-refractivity contribution in [1.82, 2.24) is 4.98 Å². The molecular formula is C13H12N2O4. The van der Waals surface area contributed by atoms with Crippen LogP contribution in [-0.2, 0) is 9.59 Å². The Labute approximate surface area is 108 Å². The number of para-hydroxylation sites is 1. The molecule has 1 heterocycles. The Kier molecular flexibility index (Phi) is 5.04.